The van der Waals surface area contributed by atoms with Crippen LogP contribution in [-0.2, 0) is 9.59 Å². The average Bonchev–Trinajstić information content (AvgIpc) is 2.76. The quantitative estimate of drug-likeness (QED) is 0.688. The van der Waals surface area contributed by atoms with E-state index in [0.29, 0.717) is 31.7 Å². The Balaban J connectivity index is 0.00000312. The maximum Gasteiger partial charge on any atom is 0.325 e. The molecule has 2 fully saturated rings. The molecule has 0 bridgehead atoms. The van der Waals surface area contributed by atoms with Gasteiger partial charge >= 0.3 is 6.03 Å². The molecule has 0 aromatic carbocycles. The molecular formula is C17H31ClN4O3. The van der Waals surface area contributed by atoms with Crippen molar-refractivity contribution in [3.63, 3.8) is 0 Å². The van der Waals surface area contributed by atoms with Gasteiger partial charge in [0.15, 0.2) is 0 Å². The molecule has 1 saturated carbocycles. The van der Waals surface area contributed by atoms with E-state index in [0.717, 1.165) is 24.2 Å². The summed E-state index contributed by atoms with van der Waals surface area (Å²) in [6, 6.07) is -0.412. The summed E-state index contributed by atoms with van der Waals surface area (Å²) in [7, 11) is 1.68. The number of amides is 4. The first-order chi connectivity index (χ1) is 11.3. The molecule has 3 N–H and O–H groups in total. The topological polar surface area (TPSA) is 95.7 Å². The van der Waals surface area contributed by atoms with Crippen LogP contribution in [0.2, 0.25) is 0 Å². The number of rotatable bonds is 6. The van der Waals surface area contributed by atoms with Crippen LogP contribution in [0.15, 0.2) is 0 Å². The third kappa shape index (κ3) is 4.85. The largest absolute Gasteiger partial charge is 0.344 e. The zero-order valence-corrected chi connectivity index (χ0v) is 16.2. The summed E-state index contributed by atoms with van der Waals surface area (Å²) in [5.41, 5.74) is 5.23. The molecule has 2 aliphatic rings. The SMILES string of the molecule is CC(C)C(N)CCN(C)C(=O)CN1C(=O)NC2(CCCCC2)C1=O.Cl. The van der Waals surface area contributed by atoms with E-state index in [1.165, 1.54) is 0 Å². The van der Waals surface area contributed by atoms with Gasteiger partial charge in [-0.1, -0.05) is 33.1 Å². The summed E-state index contributed by atoms with van der Waals surface area (Å²) in [6.45, 7) is 4.42. The van der Waals surface area contributed by atoms with E-state index in [9.17, 15) is 14.4 Å². The molecule has 1 aliphatic carbocycles. The van der Waals surface area contributed by atoms with Gasteiger partial charge in [0.25, 0.3) is 5.91 Å². The molecule has 0 radical (unpaired) electrons. The summed E-state index contributed by atoms with van der Waals surface area (Å²) in [5.74, 6) is -0.124. The minimum atomic E-state index is -0.770. The van der Waals surface area contributed by atoms with Gasteiger partial charge in [0, 0.05) is 19.6 Å². The van der Waals surface area contributed by atoms with Gasteiger partial charge in [-0.25, -0.2) is 4.79 Å². The highest BCUT2D eigenvalue weighted by atomic mass is 35.5. The predicted molar refractivity (Wildman–Crippen MR) is 98.4 cm³/mol. The number of nitrogens with one attached hydrogen (secondary N) is 1. The molecule has 0 aromatic heterocycles. The molecule has 1 spiro atoms. The van der Waals surface area contributed by atoms with Gasteiger partial charge in [-0.05, 0) is 25.2 Å². The number of nitrogens with two attached hydrogens (primary N) is 1. The monoisotopic (exact) mass is 374 g/mol. The van der Waals surface area contributed by atoms with Crippen LogP contribution < -0.4 is 11.1 Å². The standard InChI is InChI=1S/C17H30N4O3.ClH/c1-12(2)13(18)7-10-20(3)14(22)11-21-15(23)17(19-16(21)24)8-5-4-6-9-17;/h12-13H,4-11,18H2,1-3H3,(H,19,24);1H. The Hall–Kier alpha value is -1.34. The van der Waals surface area contributed by atoms with Crippen molar-refractivity contribution in [3.8, 4) is 0 Å². The van der Waals surface area contributed by atoms with Crippen molar-refractivity contribution in [2.75, 3.05) is 20.1 Å². The lowest BCUT2D eigenvalue weighted by Gasteiger charge is -2.30. The van der Waals surface area contributed by atoms with Crippen LogP contribution in [-0.4, -0.2) is 59.4 Å². The van der Waals surface area contributed by atoms with Crippen LogP contribution in [0.25, 0.3) is 0 Å². The van der Waals surface area contributed by atoms with E-state index >= 15 is 0 Å². The first-order valence-corrected chi connectivity index (χ1v) is 8.90. The van der Waals surface area contributed by atoms with E-state index in [2.05, 4.69) is 5.32 Å². The smallest absolute Gasteiger partial charge is 0.325 e. The highest BCUT2D eigenvalue weighted by molar-refractivity contribution is 6.09. The zero-order valence-electron chi connectivity index (χ0n) is 15.4. The first-order valence-electron chi connectivity index (χ1n) is 8.90. The summed E-state index contributed by atoms with van der Waals surface area (Å²) in [4.78, 5) is 39.8. The van der Waals surface area contributed by atoms with Crippen molar-refractivity contribution in [3.05, 3.63) is 0 Å². The van der Waals surface area contributed by atoms with Crippen molar-refractivity contribution in [1.82, 2.24) is 15.1 Å². The zero-order chi connectivity index (χ0) is 17.9. The summed E-state index contributed by atoms with van der Waals surface area (Å²) < 4.78 is 0. The van der Waals surface area contributed by atoms with Crippen molar-refractivity contribution in [2.24, 2.45) is 11.7 Å². The lowest BCUT2D eigenvalue weighted by molar-refractivity contribution is -0.139. The molecule has 1 saturated heterocycles. The molecule has 1 unspecified atom stereocenters. The fourth-order valence-corrected chi connectivity index (χ4v) is 3.37. The van der Waals surface area contributed by atoms with Crippen LogP contribution in [0.3, 0.4) is 0 Å². The van der Waals surface area contributed by atoms with E-state index in [-0.39, 0.29) is 36.8 Å². The van der Waals surface area contributed by atoms with Gasteiger partial charge in [0.05, 0.1) is 0 Å². The Morgan fingerprint density at radius 1 is 1.28 bits per heavy atom. The third-order valence-electron chi connectivity index (χ3n) is 5.33. The van der Waals surface area contributed by atoms with Crippen molar-refractivity contribution in [2.45, 2.75) is 64.0 Å². The molecule has 25 heavy (non-hydrogen) atoms. The lowest BCUT2D eigenvalue weighted by Crippen LogP contribution is -2.49. The minimum Gasteiger partial charge on any atom is -0.344 e. The number of likely N-dealkylation sites (N-methyl/N-ethyl adjacent to an activating group) is 1. The maximum atomic E-state index is 12.7. The van der Waals surface area contributed by atoms with Crippen molar-refractivity contribution >= 4 is 30.3 Å². The van der Waals surface area contributed by atoms with Crippen LogP contribution >= 0.6 is 12.4 Å². The van der Waals surface area contributed by atoms with Crippen molar-refractivity contribution < 1.29 is 14.4 Å². The molecule has 7 nitrogen and oxygen atoms in total. The molecule has 0 aromatic rings. The van der Waals surface area contributed by atoms with Gasteiger partial charge in [0.2, 0.25) is 5.91 Å². The van der Waals surface area contributed by atoms with Gasteiger partial charge in [-0.15, -0.1) is 12.4 Å². The number of imide groups is 1. The Bertz CT molecular complexity index is 506. The molecule has 4 amide bonds. The fraction of sp³-hybridized carbons (Fsp3) is 0.824. The van der Waals surface area contributed by atoms with E-state index in [4.69, 9.17) is 5.73 Å². The fourth-order valence-electron chi connectivity index (χ4n) is 3.37. The number of halogens is 1. The summed E-state index contributed by atoms with van der Waals surface area (Å²) in [6.07, 6.45) is 4.98. The number of carbonyl (C=O) groups excluding carboxylic acids is 3. The number of hydrogen-bond acceptors (Lipinski definition) is 4. The summed E-state index contributed by atoms with van der Waals surface area (Å²) in [5, 5.41) is 2.83. The predicted octanol–water partition coefficient (Wildman–Crippen LogP) is 1.49. The second kappa shape index (κ2) is 8.85. The van der Waals surface area contributed by atoms with E-state index in [1.807, 2.05) is 13.8 Å². The average molecular weight is 375 g/mol. The number of urea groups is 1. The Labute approximate surface area is 156 Å². The molecule has 8 heteroatoms. The molecular weight excluding hydrogens is 344 g/mol. The Morgan fingerprint density at radius 2 is 1.88 bits per heavy atom. The molecule has 1 atom stereocenters. The molecule has 1 aliphatic heterocycles. The van der Waals surface area contributed by atoms with Gasteiger partial charge < -0.3 is 16.0 Å². The first kappa shape index (κ1) is 21.7. The molecule has 1 heterocycles. The van der Waals surface area contributed by atoms with Gasteiger partial charge in [-0.2, -0.15) is 0 Å². The van der Waals surface area contributed by atoms with Crippen molar-refractivity contribution in [1.29, 1.82) is 0 Å². The second-order valence-electron chi connectivity index (χ2n) is 7.48. The molecule has 144 valence electrons. The van der Waals surface area contributed by atoms with Crippen LogP contribution in [0.4, 0.5) is 4.79 Å². The van der Waals surface area contributed by atoms with E-state index < -0.39 is 11.6 Å². The van der Waals surface area contributed by atoms with Crippen LogP contribution in [0, 0.1) is 5.92 Å². The minimum absolute atomic E-state index is 0. The summed E-state index contributed by atoms with van der Waals surface area (Å²) >= 11 is 0. The number of hydrogen-bond donors (Lipinski definition) is 2. The second-order valence-corrected chi connectivity index (χ2v) is 7.48. The third-order valence-corrected chi connectivity index (χ3v) is 5.33. The number of nitrogens with zero attached hydrogens (tertiary/aromatic N) is 2. The van der Waals surface area contributed by atoms with Gasteiger partial charge in [-0.3, -0.25) is 14.5 Å². The highest BCUT2D eigenvalue weighted by Crippen LogP contribution is 2.33. The normalized spacial score (nSPS) is 20.4. The lowest BCUT2D eigenvalue weighted by atomic mass is 9.82. The van der Waals surface area contributed by atoms with E-state index in [1.54, 1.807) is 11.9 Å². The Morgan fingerprint density at radius 3 is 2.44 bits per heavy atom. The van der Waals surface area contributed by atoms with Crippen LogP contribution in [0.1, 0.15) is 52.4 Å². The van der Waals surface area contributed by atoms with Gasteiger partial charge in [0.1, 0.15) is 12.1 Å². The van der Waals surface area contributed by atoms with Crippen LogP contribution in [0.5, 0.6) is 0 Å². The highest BCUT2D eigenvalue weighted by Gasteiger charge is 2.51. The maximum absolute atomic E-state index is 12.7. The Kier molecular flexibility index (Phi) is 7.68. The number of carbonyl (C=O) groups is 3. The molecule has 2 rings (SSSR count).